The van der Waals surface area contributed by atoms with Crippen LogP contribution in [0.25, 0.3) is 10.9 Å². The molecule has 2 heterocycles. The van der Waals surface area contributed by atoms with Gasteiger partial charge in [-0.2, -0.15) is 0 Å². The number of fused-ring (bicyclic) bond motifs is 1. The van der Waals surface area contributed by atoms with E-state index in [0.29, 0.717) is 13.1 Å². The van der Waals surface area contributed by atoms with Crippen molar-refractivity contribution in [2.75, 3.05) is 19.7 Å². The summed E-state index contributed by atoms with van der Waals surface area (Å²) in [5, 5.41) is 10.8. The van der Waals surface area contributed by atoms with Crippen LogP contribution in [0.2, 0.25) is 0 Å². The predicted octanol–water partition coefficient (Wildman–Crippen LogP) is 2.59. The number of rotatable bonds is 3. The molecule has 3 rings (SSSR count). The van der Waals surface area contributed by atoms with E-state index in [0.717, 1.165) is 11.9 Å². The summed E-state index contributed by atoms with van der Waals surface area (Å²) in [4.78, 5) is 17.1. The molecule has 0 bridgehead atoms. The zero-order valence-electron chi connectivity index (χ0n) is 12.9. The Bertz CT molecular complexity index is 704. The third-order valence-corrected chi connectivity index (χ3v) is 4.69. The maximum absolute atomic E-state index is 12.0. The molecule has 1 unspecified atom stereocenters. The lowest BCUT2D eigenvalue weighted by molar-refractivity contribution is -0.128. The second-order valence-corrected chi connectivity index (χ2v) is 6.17. The van der Waals surface area contributed by atoms with Crippen molar-refractivity contribution in [2.24, 2.45) is 5.92 Å². The van der Waals surface area contributed by atoms with Gasteiger partial charge in [-0.15, -0.1) is 0 Å². The number of nitrogens with one attached hydrogen (secondary N) is 1. The van der Waals surface area contributed by atoms with Crippen molar-refractivity contribution in [1.82, 2.24) is 9.88 Å². The molecule has 1 aliphatic rings. The Labute approximate surface area is 130 Å². The molecule has 2 N–H and O–H groups in total. The number of benzene rings is 1. The number of carbonyl (C=O) groups excluding carboxylic acids is 1. The minimum atomic E-state index is -0.0550. The monoisotopic (exact) mass is 298 g/mol. The fourth-order valence-electron chi connectivity index (χ4n) is 3.55. The molecule has 1 aliphatic heterocycles. The van der Waals surface area contributed by atoms with E-state index in [1.165, 1.54) is 22.6 Å². The van der Waals surface area contributed by atoms with Gasteiger partial charge in [0.05, 0.1) is 0 Å². The van der Waals surface area contributed by atoms with Gasteiger partial charge in [0.15, 0.2) is 0 Å². The maximum Gasteiger partial charge on any atom is 0.245 e. The fourth-order valence-corrected chi connectivity index (χ4v) is 3.55. The molecule has 0 aliphatic carbocycles. The Morgan fingerprint density at radius 3 is 3.00 bits per heavy atom. The van der Waals surface area contributed by atoms with Crippen molar-refractivity contribution >= 4 is 16.8 Å². The number of likely N-dealkylation sites (tertiary alicyclic amines) is 1. The van der Waals surface area contributed by atoms with Gasteiger partial charge in [0, 0.05) is 48.6 Å². The molecule has 4 nitrogen and oxygen atoms in total. The summed E-state index contributed by atoms with van der Waals surface area (Å²) >= 11 is 0. The zero-order chi connectivity index (χ0) is 15.7. The van der Waals surface area contributed by atoms with Gasteiger partial charge in [-0.25, -0.2) is 0 Å². The highest BCUT2D eigenvalue weighted by atomic mass is 16.3. The standard InChI is InChI=1S/C18H22N2O2/c1-3-17(22)20-9-13(11-21)8-14(10-20)15-5-4-12(2)18-16(15)6-7-19-18/h3-7,13-14,19,21H,1,8-11H2,2H3/t13-,14?/m0/s1. The van der Waals surface area contributed by atoms with Crippen LogP contribution in [0.15, 0.2) is 37.1 Å². The second kappa shape index (κ2) is 5.97. The predicted molar refractivity (Wildman–Crippen MR) is 87.7 cm³/mol. The lowest BCUT2D eigenvalue weighted by Gasteiger charge is -2.37. The fraction of sp³-hybridized carbons (Fsp3) is 0.389. The highest BCUT2D eigenvalue weighted by Crippen LogP contribution is 2.35. The quantitative estimate of drug-likeness (QED) is 0.856. The molecule has 4 heteroatoms. The number of aliphatic hydroxyl groups is 1. The number of aromatic amines is 1. The summed E-state index contributed by atoms with van der Waals surface area (Å²) in [6, 6.07) is 6.38. The van der Waals surface area contributed by atoms with Crippen LogP contribution >= 0.6 is 0 Å². The van der Waals surface area contributed by atoms with Crippen molar-refractivity contribution in [3.8, 4) is 0 Å². The van der Waals surface area contributed by atoms with Gasteiger partial charge in [-0.3, -0.25) is 4.79 Å². The van der Waals surface area contributed by atoms with Gasteiger partial charge in [-0.05, 0) is 36.6 Å². The minimum absolute atomic E-state index is 0.0550. The number of piperidine rings is 1. The Balaban J connectivity index is 1.97. The van der Waals surface area contributed by atoms with Gasteiger partial charge >= 0.3 is 0 Å². The minimum Gasteiger partial charge on any atom is -0.396 e. The van der Waals surface area contributed by atoms with E-state index in [1.54, 1.807) is 4.90 Å². The number of aromatic nitrogens is 1. The van der Waals surface area contributed by atoms with E-state index < -0.39 is 0 Å². The number of amides is 1. The highest BCUT2D eigenvalue weighted by molar-refractivity contribution is 5.88. The molecular weight excluding hydrogens is 276 g/mol. The molecule has 1 aromatic carbocycles. The summed E-state index contributed by atoms with van der Waals surface area (Å²) in [6.45, 7) is 7.08. The summed E-state index contributed by atoms with van der Waals surface area (Å²) in [5.74, 6) is 0.312. The summed E-state index contributed by atoms with van der Waals surface area (Å²) in [5.41, 5.74) is 3.63. The van der Waals surface area contributed by atoms with Crippen LogP contribution < -0.4 is 0 Å². The maximum atomic E-state index is 12.0. The van der Waals surface area contributed by atoms with E-state index >= 15 is 0 Å². The zero-order valence-corrected chi connectivity index (χ0v) is 12.9. The van der Waals surface area contributed by atoms with Gasteiger partial charge in [-0.1, -0.05) is 18.7 Å². The number of aryl methyl sites for hydroxylation is 1. The molecule has 0 saturated carbocycles. The van der Waals surface area contributed by atoms with Crippen LogP contribution in [0.4, 0.5) is 0 Å². The lowest BCUT2D eigenvalue weighted by atomic mass is 9.83. The van der Waals surface area contributed by atoms with Crippen molar-refractivity contribution in [1.29, 1.82) is 0 Å². The first-order chi connectivity index (χ1) is 10.6. The van der Waals surface area contributed by atoms with Gasteiger partial charge in [0.25, 0.3) is 0 Å². The normalized spacial score (nSPS) is 22.0. The van der Waals surface area contributed by atoms with Gasteiger partial charge in [0.1, 0.15) is 0 Å². The van der Waals surface area contributed by atoms with E-state index in [1.807, 2.05) is 6.20 Å². The topological polar surface area (TPSA) is 56.3 Å². The van der Waals surface area contributed by atoms with Crippen molar-refractivity contribution in [3.05, 3.63) is 48.2 Å². The number of carbonyl (C=O) groups is 1. The van der Waals surface area contributed by atoms with Crippen LogP contribution in [-0.4, -0.2) is 40.6 Å². The van der Waals surface area contributed by atoms with Crippen LogP contribution in [0, 0.1) is 12.8 Å². The van der Waals surface area contributed by atoms with Crippen LogP contribution in [-0.2, 0) is 4.79 Å². The van der Waals surface area contributed by atoms with Crippen LogP contribution in [0.3, 0.4) is 0 Å². The molecule has 1 saturated heterocycles. The Morgan fingerprint density at radius 2 is 2.27 bits per heavy atom. The van der Waals surface area contributed by atoms with Crippen molar-refractivity contribution in [2.45, 2.75) is 19.3 Å². The van der Waals surface area contributed by atoms with Gasteiger partial charge < -0.3 is 15.0 Å². The number of hydrogen-bond acceptors (Lipinski definition) is 2. The van der Waals surface area contributed by atoms with E-state index in [-0.39, 0.29) is 24.3 Å². The lowest BCUT2D eigenvalue weighted by Crippen LogP contribution is -2.43. The first-order valence-electron chi connectivity index (χ1n) is 7.72. The van der Waals surface area contributed by atoms with Crippen molar-refractivity contribution < 1.29 is 9.90 Å². The van der Waals surface area contributed by atoms with E-state index in [4.69, 9.17) is 0 Å². The smallest absolute Gasteiger partial charge is 0.245 e. The molecule has 2 atom stereocenters. The second-order valence-electron chi connectivity index (χ2n) is 6.17. The number of hydrogen-bond donors (Lipinski definition) is 2. The van der Waals surface area contributed by atoms with Crippen molar-refractivity contribution in [3.63, 3.8) is 0 Å². The molecule has 0 spiro atoms. The molecule has 1 fully saturated rings. The van der Waals surface area contributed by atoms with Gasteiger partial charge in [0.2, 0.25) is 5.91 Å². The van der Waals surface area contributed by atoms with Crippen LogP contribution in [0.5, 0.6) is 0 Å². The number of nitrogens with zero attached hydrogens (tertiary/aromatic N) is 1. The number of H-pyrrole nitrogens is 1. The average molecular weight is 298 g/mol. The molecule has 1 amide bonds. The molecule has 1 aromatic heterocycles. The molecule has 22 heavy (non-hydrogen) atoms. The molecule has 0 radical (unpaired) electrons. The third-order valence-electron chi connectivity index (χ3n) is 4.69. The highest BCUT2D eigenvalue weighted by Gasteiger charge is 2.30. The molecule has 2 aromatic rings. The van der Waals surface area contributed by atoms with E-state index in [9.17, 15) is 9.90 Å². The summed E-state index contributed by atoms with van der Waals surface area (Å²) in [6.07, 6.45) is 4.22. The summed E-state index contributed by atoms with van der Waals surface area (Å²) in [7, 11) is 0. The Kier molecular flexibility index (Phi) is 4.03. The SMILES string of the molecule is C=CC(=O)N1CC(c2ccc(C)c3[nH]ccc23)C[C@H](CO)C1. The van der Waals surface area contributed by atoms with E-state index in [2.05, 4.69) is 36.7 Å². The molecular formula is C18H22N2O2. The third kappa shape index (κ3) is 2.55. The average Bonchev–Trinajstić information content (AvgIpc) is 3.04. The first-order valence-corrected chi connectivity index (χ1v) is 7.72. The molecule has 116 valence electrons. The number of aliphatic hydroxyl groups excluding tert-OH is 1. The Morgan fingerprint density at radius 1 is 1.45 bits per heavy atom. The van der Waals surface area contributed by atoms with Crippen LogP contribution in [0.1, 0.15) is 23.5 Å². The largest absolute Gasteiger partial charge is 0.396 e. The summed E-state index contributed by atoms with van der Waals surface area (Å²) < 4.78 is 0. The Hall–Kier alpha value is -2.07. The first kappa shape index (κ1) is 14.9.